The molecule has 0 aromatic rings. The SMILES string of the molecule is COCCCNC(=O)CNC(C)C(C)CO. The molecule has 0 aromatic heterocycles. The first-order valence-corrected chi connectivity index (χ1v) is 5.71. The number of ether oxygens (including phenoxy) is 1. The average molecular weight is 232 g/mol. The van der Waals surface area contributed by atoms with Crippen LogP contribution in [0.5, 0.6) is 0 Å². The van der Waals surface area contributed by atoms with Crippen LogP contribution < -0.4 is 10.6 Å². The van der Waals surface area contributed by atoms with Gasteiger partial charge in [0.15, 0.2) is 0 Å². The van der Waals surface area contributed by atoms with Crippen molar-refractivity contribution in [2.45, 2.75) is 26.3 Å². The molecule has 0 spiro atoms. The monoisotopic (exact) mass is 232 g/mol. The van der Waals surface area contributed by atoms with Gasteiger partial charge in [-0.15, -0.1) is 0 Å². The van der Waals surface area contributed by atoms with Crippen molar-refractivity contribution >= 4 is 5.91 Å². The van der Waals surface area contributed by atoms with Gasteiger partial charge in [-0.25, -0.2) is 0 Å². The molecule has 16 heavy (non-hydrogen) atoms. The van der Waals surface area contributed by atoms with Crippen molar-refractivity contribution in [3.8, 4) is 0 Å². The molecule has 0 aliphatic carbocycles. The fourth-order valence-corrected chi connectivity index (χ4v) is 1.12. The smallest absolute Gasteiger partial charge is 0.233 e. The van der Waals surface area contributed by atoms with Gasteiger partial charge >= 0.3 is 0 Å². The number of carbonyl (C=O) groups excluding carboxylic acids is 1. The molecule has 0 aromatic carbocycles. The number of hydrogen-bond acceptors (Lipinski definition) is 4. The van der Waals surface area contributed by atoms with Gasteiger partial charge in [0.1, 0.15) is 0 Å². The van der Waals surface area contributed by atoms with E-state index in [2.05, 4.69) is 10.6 Å². The molecule has 96 valence electrons. The minimum absolute atomic E-state index is 0.0203. The Morgan fingerprint density at radius 3 is 2.69 bits per heavy atom. The van der Waals surface area contributed by atoms with Crippen molar-refractivity contribution in [1.82, 2.24) is 10.6 Å². The standard InChI is InChI=1S/C11H24N2O3/c1-9(8-14)10(2)13-7-11(15)12-5-4-6-16-3/h9-10,13-14H,4-8H2,1-3H3,(H,12,15). The molecule has 5 heteroatoms. The van der Waals surface area contributed by atoms with E-state index >= 15 is 0 Å². The van der Waals surface area contributed by atoms with Gasteiger partial charge in [0.25, 0.3) is 0 Å². The van der Waals surface area contributed by atoms with Crippen LogP contribution in [0.3, 0.4) is 0 Å². The molecule has 0 fully saturated rings. The van der Waals surface area contributed by atoms with E-state index in [4.69, 9.17) is 9.84 Å². The van der Waals surface area contributed by atoms with Gasteiger partial charge in [0.2, 0.25) is 5.91 Å². The Labute approximate surface area is 97.6 Å². The second-order valence-corrected chi connectivity index (χ2v) is 4.03. The lowest BCUT2D eigenvalue weighted by Gasteiger charge is -2.18. The Hall–Kier alpha value is -0.650. The highest BCUT2D eigenvalue weighted by Gasteiger charge is 2.11. The van der Waals surface area contributed by atoms with Crippen molar-refractivity contribution in [3.05, 3.63) is 0 Å². The maximum absolute atomic E-state index is 11.3. The molecule has 2 unspecified atom stereocenters. The number of rotatable bonds is 9. The van der Waals surface area contributed by atoms with Gasteiger partial charge in [0, 0.05) is 32.9 Å². The molecular formula is C11H24N2O3. The maximum atomic E-state index is 11.3. The van der Waals surface area contributed by atoms with Crippen molar-refractivity contribution < 1.29 is 14.6 Å². The molecule has 0 saturated heterocycles. The summed E-state index contributed by atoms with van der Waals surface area (Å²) in [6.07, 6.45) is 0.824. The minimum atomic E-state index is -0.0203. The number of methoxy groups -OCH3 is 1. The number of hydrogen-bond donors (Lipinski definition) is 3. The Bertz CT molecular complexity index is 188. The van der Waals surface area contributed by atoms with Crippen molar-refractivity contribution in [2.24, 2.45) is 5.92 Å². The van der Waals surface area contributed by atoms with E-state index in [1.54, 1.807) is 7.11 Å². The largest absolute Gasteiger partial charge is 0.396 e. The van der Waals surface area contributed by atoms with Crippen LogP contribution in [0.25, 0.3) is 0 Å². The van der Waals surface area contributed by atoms with E-state index in [0.29, 0.717) is 19.7 Å². The van der Waals surface area contributed by atoms with Crippen molar-refractivity contribution in [2.75, 3.05) is 33.4 Å². The zero-order valence-corrected chi connectivity index (χ0v) is 10.5. The third-order valence-electron chi connectivity index (χ3n) is 2.57. The van der Waals surface area contributed by atoms with Gasteiger partial charge in [-0.3, -0.25) is 4.79 Å². The maximum Gasteiger partial charge on any atom is 0.233 e. The third-order valence-corrected chi connectivity index (χ3v) is 2.57. The zero-order valence-electron chi connectivity index (χ0n) is 10.5. The molecule has 0 bridgehead atoms. The first-order chi connectivity index (χ1) is 7.61. The predicted molar refractivity (Wildman–Crippen MR) is 63.2 cm³/mol. The number of nitrogens with one attached hydrogen (secondary N) is 2. The lowest BCUT2D eigenvalue weighted by Crippen LogP contribution is -2.41. The summed E-state index contributed by atoms with van der Waals surface area (Å²) in [5, 5.41) is 14.8. The lowest BCUT2D eigenvalue weighted by molar-refractivity contribution is -0.120. The van der Waals surface area contributed by atoms with Crippen molar-refractivity contribution in [3.63, 3.8) is 0 Å². The number of aliphatic hydroxyl groups excluding tert-OH is 1. The second kappa shape index (κ2) is 9.57. The van der Waals surface area contributed by atoms with Gasteiger partial charge in [-0.05, 0) is 19.3 Å². The summed E-state index contributed by atoms with van der Waals surface area (Å²) in [5.41, 5.74) is 0. The van der Waals surface area contributed by atoms with E-state index in [1.807, 2.05) is 13.8 Å². The quantitative estimate of drug-likeness (QED) is 0.479. The van der Waals surface area contributed by atoms with E-state index in [1.165, 1.54) is 0 Å². The summed E-state index contributed by atoms with van der Waals surface area (Å²) in [6, 6.07) is 0.134. The third kappa shape index (κ3) is 7.62. The molecule has 0 rings (SSSR count). The summed E-state index contributed by atoms with van der Waals surface area (Å²) in [5.74, 6) is 0.134. The van der Waals surface area contributed by atoms with Gasteiger partial charge < -0.3 is 20.5 Å². The molecule has 1 amide bonds. The normalized spacial score (nSPS) is 14.5. The van der Waals surface area contributed by atoms with Crippen LogP contribution in [-0.2, 0) is 9.53 Å². The first kappa shape index (κ1) is 15.3. The van der Waals surface area contributed by atoms with Crippen LogP contribution in [0.1, 0.15) is 20.3 Å². The summed E-state index contributed by atoms with van der Waals surface area (Å²) >= 11 is 0. The highest BCUT2D eigenvalue weighted by atomic mass is 16.5. The summed E-state index contributed by atoms with van der Waals surface area (Å²) in [4.78, 5) is 11.3. The van der Waals surface area contributed by atoms with Gasteiger partial charge in [-0.1, -0.05) is 6.92 Å². The first-order valence-electron chi connectivity index (χ1n) is 5.71. The Kier molecular flexibility index (Phi) is 9.18. The minimum Gasteiger partial charge on any atom is -0.396 e. The van der Waals surface area contributed by atoms with Gasteiger partial charge in [-0.2, -0.15) is 0 Å². The summed E-state index contributed by atoms with van der Waals surface area (Å²) in [7, 11) is 1.64. The lowest BCUT2D eigenvalue weighted by atomic mass is 10.1. The Morgan fingerprint density at radius 1 is 1.44 bits per heavy atom. The number of aliphatic hydroxyl groups is 1. The topological polar surface area (TPSA) is 70.6 Å². The molecule has 0 aliphatic heterocycles. The molecular weight excluding hydrogens is 208 g/mol. The van der Waals surface area contributed by atoms with E-state index in [-0.39, 0.29) is 24.5 Å². The molecule has 3 N–H and O–H groups in total. The summed E-state index contributed by atoms with van der Waals surface area (Å²) in [6.45, 7) is 5.61. The fourth-order valence-electron chi connectivity index (χ4n) is 1.12. The molecule has 0 saturated carbocycles. The van der Waals surface area contributed by atoms with Gasteiger partial charge in [0.05, 0.1) is 6.54 Å². The zero-order chi connectivity index (χ0) is 12.4. The number of carbonyl (C=O) groups is 1. The molecule has 0 radical (unpaired) electrons. The average Bonchev–Trinajstić information content (AvgIpc) is 2.30. The second-order valence-electron chi connectivity index (χ2n) is 4.03. The van der Waals surface area contributed by atoms with Crippen LogP contribution in [0.15, 0.2) is 0 Å². The van der Waals surface area contributed by atoms with Crippen LogP contribution in [0.4, 0.5) is 0 Å². The molecule has 0 aliphatic rings. The predicted octanol–water partition coefficient (Wildman–Crippen LogP) is -0.254. The molecule has 0 heterocycles. The number of amides is 1. The van der Waals surface area contributed by atoms with E-state index in [0.717, 1.165) is 6.42 Å². The van der Waals surface area contributed by atoms with Crippen LogP contribution in [0.2, 0.25) is 0 Å². The summed E-state index contributed by atoms with van der Waals surface area (Å²) < 4.78 is 4.87. The van der Waals surface area contributed by atoms with E-state index in [9.17, 15) is 4.79 Å². The van der Waals surface area contributed by atoms with Crippen LogP contribution >= 0.6 is 0 Å². The Morgan fingerprint density at radius 2 is 2.12 bits per heavy atom. The van der Waals surface area contributed by atoms with Crippen LogP contribution in [0, 0.1) is 5.92 Å². The van der Waals surface area contributed by atoms with Crippen molar-refractivity contribution in [1.29, 1.82) is 0 Å². The van der Waals surface area contributed by atoms with Crippen LogP contribution in [-0.4, -0.2) is 50.5 Å². The molecule has 2 atom stereocenters. The fraction of sp³-hybridized carbons (Fsp3) is 0.909. The molecule has 5 nitrogen and oxygen atoms in total. The highest BCUT2D eigenvalue weighted by Crippen LogP contribution is 1.99. The highest BCUT2D eigenvalue weighted by molar-refractivity contribution is 5.77. The van der Waals surface area contributed by atoms with E-state index < -0.39 is 0 Å². The Balaban J connectivity index is 3.49.